The van der Waals surface area contributed by atoms with Crippen molar-refractivity contribution in [3.05, 3.63) is 17.0 Å². The van der Waals surface area contributed by atoms with Crippen molar-refractivity contribution >= 4 is 0 Å². The first-order valence-electron chi connectivity index (χ1n) is 6.81. The van der Waals surface area contributed by atoms with Crippen molar-refractivity contribution in [2.45, 2.75) is 32.1 Å². The molecule has 2 rings (SSSR count). The summed E-state index contributed by atoms with van der Waals surface area (Å²) < 4.78 is 5.22. The van der Waals surface area contributed by atoms with Gasteiger partial charge in [0, 0.05) is 17.7 Å². The van der Waals surface area contributed by atoms with Gasteiger partial charge in [0.1, 0.15) is 0 Å². The number of piperidine rings is 1. The molecule has 2 heterocycles. The smallest absolute Gasteiger partial charge is 0.316 e. The molecule has 0 spiro atoms. The first-order valence-corrected chi connectivity index (χ1v) is 6.81. The fraction of sp³-hybridized carbons (Fsp3) is 0.714. The third kappa shape index (κ3) is 2.58. The molecule has 5 nitrogen and oxygen atoms in total. The van der Waals surface area contributed by atoms with Crippen LogP contribution in [0, 0.1) is 13.8 Å². The second-order valence-corrected chi connectivity index (χ2v) is 5.56. The van der Waals surface area contributed by atoms with Crippen molar-refractivity contribution in [2.75, 3.05) is 33.8 Å². The van der Waals surface area contributed by atoms with Gasteiger partial charge in [-0.2, -0.15) is 4.98 Å². The summed E-state index contributed by atoms with van der Waals surface area (Å²) in [7, 11) is 3.76. The maximum absolute atomic E-state index is 6.11. The molecular formula is C14H24N4O. The predicted molar refractivity (Wildman–Crippen MR) is 75.5 cm³/mol. The second kappa shape index (κ2) is 5.43. The van der Waals surface area contributed by atoms with Gasteiger partial charge in [0.25, 0.3) is 0 Å². The van der Waals surface area contributed by atoms with Crippen LogP contribution in [0.25, 0.3) is 0 Å². The largest absolute Gasteiger partial charge is 0.467 e. The number of aromatic nitrogens is 2. The lowest BCUT2D eigenvalue weighted by Crippen LogP contribution is -2.46. The SMILES string of the molecule is COc1nc(C)c(C)c(C2(CN)CCN(C)CC2)n1. The minimum absolute atomic E-state index is 0.0302. The summed E-state index contributed by atoms with van der Waals surface area (Å²) in [5, 5.41) is 0. The van der Waals surface area contributed by atoms with Gasteiger partial charge in [0.05, 0.1) is 12.8 Å². The van der Waals surface area contributed by atoms with Crippen LogP contribution < -0.4 is 10.5 Å². The average Bonchev–Trinajstić information content (AvgIpc) is 2.43. The minimum atomic E-state index is -0.0302. The van der Waals surface area contributed by atoms with Gasteiger partial charge in [0.2, 0.25) is 0 Å². The molecule has 1 aliphatic rings. The van der Waals surface area contributed by atoms with Gasteiger partial charge in [-0.25, -0.2) is 4.98 Å². The summed E-state index contributed by atoms with van der Waals surface area (Å²) in [5.74, 6) is 0. The molecular weight excluding hydrogens is 240 g/mol. The average molecular weight is 264 g/mol. The van der Waals surface area contributed by atoms with Crippen molar-refractivity contribution in [3.63, 3.8) is 0 Å². The molecule has 1 aromatic heterocycles. The molecule has 0 saturated carbocycles. The number of methoxy groups -OCH3 is 1. The Hall–Kier alpha value is -1.20. The molecule has 1 aromatic rings. The fourth-order valence-electron chi connectivity index (χ4n) is 2.79. The van der Waals surface area contributed by atoms with E-state index >= 15 is 0 Å². The summed E-state index contributed by atoms with van der Waals surface area (Å²) in [5.41, 5.74) is 9.28. The quantitative estimate of drug-likeness (QED) is 0.883. The van der Waals surface area contributed by atoms with E-state index in [4.69, 9.17) is 10.5 Å². The number of nitrogens with zero attached hydrogens (tertiary/aromatic N) is 3. The van der Waals surface area contributed by atoms with Crippen molar-refractivity contribution in [1.29, 1.82) is 0 Å². The van der Waals surface area contributed by atoms with E-state index in [0.717, 1.165) is 42.9 Å². The van der Waals surface area contributed by atoms with E-state index in [9.17, 15) is 0 Å². The van der Waals surface area contributed by atoms with E-state index in [-0.39, 0.29) is 5.41 Å². The van der Waals surface area contributed by atoms with Gasteiger partial charge in [-0.15, -0.1) is 0 Å². The van der Waals surface area contributed by atoms with Gasteiger partial charge in [-0.05, 0) is 52.4 Å². The van der Waals surface area contributed by atoms with Crippen LogP contribution in [-0.4, -0.2) is 48.7 Å². The Bertz CT molecular complexity index is 453. The zero-order valence-corrected chi connectivity index (χ0v) is 12.4. The summed E-state index contributed by atoms with van der Waals surface area (Å²) in [6.45, 7) is 6.83. The molecule has 0 aromatic carbocycles. The van der Waals surface area contributed by atoms with Gasteiger partial charge in [0.15, 0.2) is 0 Å². The standard InChI is InChI=1S/C14H24N4O/c1-10-11(2)16-13(19-4)17-12(10)14(9-15)5-7-18(3)8-6-14/h5-9,15H2,1-4H3. The van der Waals surface area contributed by atoms with Crippen LogP contribution in [0.5, 0.6) is 6.01 Å². The van der Waals surface area contributed by atoms with E-state index < -0.39 is 0 Å². The van der Waals surface area contributed by atoms with Crippen LogP contribution in [0.15, 0.2) is 0 Å². The molecule has 19 heavy (non-hydrogen) atoms. The van der Waals surface area contributed by atoms with Gasteiger partial charge in [-0.1, -0.05) is 0 Å². The van der Waals surface area contributed by atoms with Gasteiger partial charge >= 0.3 is 6.01 Å². The van der Waals surface area contributed by atoms with Gasteiger partial charge < -0.3 is 15.4 Å². The summed E-state index contributed by atoms with van der Waals surface area (Å²) >= 11 is 0. The minimum Gasteiger partial charge on any atom is -0.467 e. The molecule has 0 amide bonds. The van der Waals surface area contributed by atoms with E-state index in [2.05, 4.69) is 28.8 Å². The first-order chi connectivity index (χ1) is 9.02. The third-order valence-corrected chi connectivity index (χ3v) is 4.39. The lowest BCUT2D eigenvalue weighted by molar-refractivity contribution is 0.186. The number of hydrogen-bond acceptors (Lipinski definition) is 5. The van der Waals surface area contributed by atoms with Crippen LogP contribution in [0.4, 0.5) is 0 Å². The molecule has 0 atom stereocenters. The Morgan fingerprint density at radius 1 is 1.26 bits per heavy atom. The third-order valence-electron chi connectivity index (χ3n) is 4.39. The molecule has 0 aliphatic carbocycles. The zero-order valence-electron chi connectivity index (χ0n) is 12.4. The van der Waals surface area contributed by atoms with Crippen LogP contribution in [0.1, 0.15) is 29.8 Å². The van der Waals surface area contributed by atoms with E-state index in [0.29, 0.717) is 12.6 Å². The predicted octanol–water partition coefficient (Wildman–Crippen LogP) is 1.02. The number of ether oxygens (including phenoxy) is 1. The zero-order chi connectivity index (χ0) is 14.0. The number of aryl methyl sites for hydroxylation is 1. The molecule has 5 heteroatoms. The number of rotatable bonds is 3. The molecule has 0 bridgehead atoms. The maximum Gasteiger partial charge on any atom is 0.316 e. The van der Waals surface area contributed by atoms with Crippen molar-refractivity contribution in [2.24, 2.45) is 5.73 Å². The molecule has 1 saturated heterocycles. The molecule has 0 unspecified atom stereocenters. The Kier molecular flexibility index (Phi) is 4.06. The number of nitrogens with two attached hydrogens (primary N) is 1. The molecule has 2 N–H and O–H groups in total. The Morgan fingerprint density at radius 2 is 1.89 bits per heavy atom. The lowest BCUT2D eigenvalue weighted by Gasteiger charge is -2.40. The molecule has 0 radical (unpaired) electrons. The maximum atomic E-state index is 6.11. The summed E-state index contributed by atoms with van der Waals surface area (Å²) in [4.78, 5) is 11.3. The van der Waals surface area contributed by atoms with Crippen LogP contribution in [0.3, 0.4) is 0 Å². The van der Waals surface area contributed by atoms with Crippen LogP contribution in [-0.2, 0) is 5.41 Å². The highest BCUT2D eigenvalue weighted by Gasteiger charge is 2.37. The van der Waals surface area contributed by atoms with Crippen LogP contribution in [0.2, 0.25) is 0 Å². The van der Waals surface area contributed by atoms with Crippen molar-refractivity contribution in [3.8, 4) is 6.01 Å². The first kappa shape index (κ1) is 14.2. The molecule has 1 fully saturated rings. The summed E-state index contributed by atoms with van der Waals surface area (Å²) in [6, 6.07) is 0.449. The monoisotopic (exact) mass is 264 g/mol. The Labute approximate surface area is 115 Å². The normalized spacial score (nSPS) is 19.4. The number of hydrogen-bond donors (Lipinski definition) is 1. The highest BCUT2D eigenvalue weighted by molar-refractivity contribution is 5.32. The summed E-state index contributed by atoms with van der Waals surface area (Å²) in [6.07, 6.45) is 2.08. The highest BCUT2D eigenvalue weighted by atomic mass is 16.5. The molecule has 1 aliphatic heterocycles. The highest BCUT2D eigenvalue weighted by Crippen LogP contribution is 2.36. The van der Waals surface area contributed by atoms with Gasteiger partial charge in [-0.3, -0.25) is 0 Å². The molecule has 106 valence electrons. The van der Waals surface area contributed by atoms with Crippen LogP contribution >= 0.6 is 0 Å². The van der Waals surface area contributed by atoms with Crippen molar-refractivity contribution < 1.29 is 4.74 Å². The van der Waals surface area contributed by atoms with E-state index in [1.54, 1.807) is 7.11 Å². The Balaban J connectivity index is 2.45. The van der Waals surface area contributed by atoms with E-state index in [1.807, 2.05) is 6.92 Å². The fourth-order valence-corrected chi connectivity index (χ4v) is 2.79. The van der Waals surface area contributed by atoms with Crippen molar-refractivity contribution in [1.82, 2.24) is 14.9 Å². The van der Waals surface area contributed by atoms with E-state index in [1.165, 1.54) is 0 Å². The number of likely N-dealkylation sites (tertiary alicyclic amines) is 1. The topological polar surface area (TPSA) is 64.3 Å². The second-order valence-electron chi connectivity index (χ2n) is 5.56. The lowest BCUT2D eigenvalue weighted by atomic mass is 9.74. The Morgan fingerprint density at radius 3 is 2.42 bits per heavy atom.